The molecule has 6 nitrogen and oxygen atoms in total. The van der Waals surface area contributed by atoms with Crippen LogP contribution in [0.4, 0.5) is 0 Å². The number of benzene rings is 2. The van der Waals surface area contributed by atoms with Crippen LogP contribution in [0.25, 0.3) is 0 Å². The van der Waals surface area contributed by atoms with Crippen molar-refractivity contribution in [3.63, 3.8) is 0 Å². The number of hydrogen-bond donors (Lipinski definition) is 0. The monoisotopic (exact) mass is 444 g/mol. The number of amides is 1. The number of hydrogen-bond acceptors (Lipinski definition) is 4. The van der Waals surface area contributed by atoms with Crippen molar-refractivity contribution in [2.45, 2.75) is 38.1 Å². The van der Waals surface area contributed by atoms with E-state index in [9.17, 15) is 13.2 Å². The predicted molar refractivity (Wildman–Crippen MR) is 122 cm³/mol. The molecule has 0 aromatic heterocycles. The first-order chi connectivity index (χ1) is 14.6. The van der Waals surface area contributed by atoms with Gasteiger partial charge in [0.05, 0.1) is 18.0 Å². The van der Waals surface area contributed by atoms with Crippen molar-refractivity contribution < 1.29 is 17.9 Å². The minimum Gasteiger partial charge on any atom is -0.496 e. The van der Waals surface area contributed by atoms with E-state index < -0.39 is 10.0 Å². The molecule has 7 heteroatoms. The summed E-state index contributed by atoms with van der Waals surface area (Å²) in [6, 6.07) is 13.7. The third kappa shape index (κ3) is 4.93. The van der Waals surface area contributed by atoms with Crippen molar-refractivity contribution in [3.8, 4) is 5.75 Å². The largest absolute Gasteiger partial charge is 0.496 e. The maximum atomic E-state index is 13.2. The standard InChI is InChI=1S/C24H32N2O4S/c1-17-13-18(2)16-26(15-17)31(28,29)21-10-8-9-20(14-21)24(27)25(4)19(3)22-11-6-7-12-23(22)30-5/h6-12,14,17-19H,13,15-16H2,1-5H3. The molecule has 1 saturated heterocycles. The lowest BCUT2D eigenvalue weighted by molar-refractivity contribution is 0.0741. The van der Waals surface area contributed by atoms with Crippen LogP contribution in [0.2, 0.25) is 0 Å². The van der Waals surface area contributed by atoms with Crippen LogP contribution < -0.4 is 4.74 Å². The van der Waals surface area contributed by atoms with Crippen LogP contribution in [0, 0.1) is 11.8 Å². The maximum Gasteiger partial charge on any atom is 0.254 e. The molecule has 0 radical (unpaired) electrons. The highest BCUT2D eigenvalue weighted by molar-refractivity contribution is 7.89. The van der Waals surface area contributed by atoms with E-state index in [-0.39, 0.29) is 16.8 Å². The molecule has 1 amide bonds. The normalized spacial score (nSPS) is 20.8. The first-order valence-electron chi connectivity index (χ1n) is 10.7. The van der Waals surface area contributed by atoms with Crippen molar-refractivity contribution in [1.29, 1.82) is 0 Å². The van der Waals surface area contributed by atoms with Crippen LogP contribution in [0.3, 0.4) is 0 Å². The van der Waals surface area contributed by atoms with Crippen molar-refractivity contribution in [2.75, 3.05) is 27.2 Å². The second-order valence-corrected chi connectivity index (χ2v) is 10.6. The van der Waals surface area contributed by atoms with Crippen molar-refractivity contribution in [2.24, 2.45) is 11.8 Å². The van der Waals surface area contributed by atoms with E-state index in [0.717, 1.165) is 12.0 Å². The molecular formula is C24H32N2O4S. The molecule has 0 aliphatic carbocycles. The van der Waals surface area contributed by atoms with Gasteiger partial charge in [0.2, 0.25) is 10.0 Å². The highest BCUT2D eigenvalue weighted by Crippen LogP contribution is 2.30. The van der Waals surface area contributed by atoms with Gasteiger partial charge in [-0.2, -0.15) is 4.31 Å². The molecule has 0 spiro atoms. The van der Waals surface area contributed by atoms with Crippen molar-refractivity contribution >= 4 is 15.9 Å². The Labute approximate surface area is 185 Å². The number of ether oxygens (including phenoxy) is 1. The van der Waals surface area contributed by atoms with E-state index in [1.807, 2.05) is 31.2 Å². The summed E-state index contributed by atoms with van der Waals surface area (Å²) in [7, 11) is -0.332. The Bertz CT molecular complexity index is 1030. The van der Waals surface area contributed by atoms with E-state index in [1.165, 1.54) is 6.07 Å². The van der Waals surface area contributed by atoms with Gasteiger partial charge in [-0.15, -0.1) is 0 Å². The molecule has 0 bridgehead atoms. The Morgan fingerprint density at radius 2 is 1.74 bits per heavy atom. The molecule has 1 heterocycles. The number of carbonyl (C=O) groups is 1. The molecular weight excluding hydrogens is 412 g/mol. The molecule has 3 unspecified atom stereocenters. The maximum absolute atomic E-state index is 13.2. The topological polar surface area (TPSA) is 66.9 Å². The minimum atomic E-state index is -3.65. The third-order valence-corrected chi connectivity index (χ3v) is 7.87. The van der Waals surface area contributed by atoms with E-state index in [0.29, 0.717) is 36.2 Å². The molecule has 0 N–H and O–H groups in total. The van der Waals surface area contributed by atoms with Crippen molar-refractivity contribution in [1.82, 2.24) is 9.21 Å². The van der Waals surface area contributed by atoms with Gasteiger partial charge >= 0.3 is 0 Å². The van der Waals surface area contributed by atoms with Crippen molar-refractivity contribution in [3.05, 3.63) is 59.7 Å². The number of sulfonamides is 1. The summed E-state index contributed by atoms with van der Waals surface area (Å²) in [6.45, 7) is 7.09. The molecule has 1 fully saturated rings. The van der Waals surface area contributed by atoms with E-state index >= 15 is 0 Å². The SMILES string of the molecule is COc1ccccc1C(C)N(C)C(=O)c1cccc(S(=O)(=O)N2CC(C)CC(C)C2)c1. The van der Waals surface area contributed by atoms with E-state index in [2.05, 4.69) is 13.8 Å². The zero-order chi connectivity index (χ0) is 22.8. The number of piperidine rings is 1. The van der Waals surface area contributed by atoms with Gasteiger partial charge in [-0.3, -0.25) is 4.79 Å². The van der Waals surface area contributed by atoms with Gasteiger partial charge in [0, 0.05) is 31.3 Å². The summed E-state index contributed by atoms with van der Waals surface area (Å²) in [5, 5.41) is 0. The number of para-hydroxylation sites is 1. The quantitative estimate of drug-likeness (QED) is 0.670. The molecule has 2 aromatic carbocycles. The van der Waals surface area contributed by atoms with Crippen LogP contribution in [0.5, 0.6) is 5.75 Å². The number of rotatable bonds is 6. The first kappa shape index (κ1) is 23.3. The zero-order valence-corrected chi connectivity index (χ0v) is 19.7. The molecule has 0 saturated carbocycles. The summed E-state index contributed by atoms with van der Waals surface area (Å²) >= 11 is 0. The lowest BCUT2D eigenvalue weighted by atomic mass is 9.94. The molecule has 1 aliphatic heterocycles. The van der Waals surface area contributed by atoms with Gasteiger partial charge in [-0.25, -0.2) is 8.42 Å². The summed E-state index contributed by atoms with van der Waals surface area (Å²) in [4.78, 5) is 15.0. The Balaban J connectivity index is 1.86. The van der Waals surface area contributed by atoms with E-state index in [1.54, 1.807) is 41.6 Å². The lowest BCUT2D eigenvalue weighted by Gasteiger charge is -2.34. The van der Waals surface area contributed by atoms with Gasteiger partial charge < -0.3 is 9.64 Å². The summed E-state index contributed by atoms with van der Waals surface area (Å²) in [5.74, 6) is 1.10. The molecule has 3 rings (SSSR count). The fraction of sp³-hybridized carbons (Fsp3) is 0.458. The summed E-state index contributed by atoms with van der Waals surface area (Å²) in [6.07, 6.45) is 1.02. The molecule has 1 aliphatic rings. The fourth-order valence-corrected chi connectivity index (χ4v) is 6.07. The molecule has 3 atom stereocenters. The summed E-state index contributed by atoms with van der Waals surface area (Å²) in [5.41, 5.74) is 1.24. The van der Waals surface area contributed by atoms with Crippen LogP contribution in [-0.4, -0.2) is 50.8 Å². The second kappa shape index (κ2) is 9.40. The molecule has 2 aromatic rings. The first-order valence-corrected chi connectivity index (χ1v) is 12.1. The predicted octanol–water partition coefficient (Wildman–Crippen LogP) is 4.20. The summed E-state index contributed by atoms with van der Waals surface area (Å²) < 4.78 is 33.5. The zero-order valence-electron chi connectivity index (χ0n) is 18.9. The number of nitrogens with zero attached hydrogens (tertiary/aromatic N) is 2. The fourth-order valence-electron chi connectivity index (χ4n) is 4.34. The van der Waals surface area contributed by atoms with Gasteiger partial charge in [0.15, 0.2) is 0 Å². The lowest BCUT2D eigenvalue weighted by Crippen LogP contribution is -2.42. The van der Waals surface area contributed by atoms with Crippen LogP contribution in [0.1, 0.15) is 49.2 Å². The average molecular weight is 445 g/mol. The van der Waals surface area contributed by atoms with Crippen LogP contribution in [0.15, 0.2) is 53.4 Å². The third-order valence-electron chi connectivity index (χ3n) is 6.04. The minimum absolute atomic E-state index is 0.165. The highest BCUT2D eigenvalue weighted by atomic mass is 32.2. The number of carbonyl (C=O) groups excluding carboxylic acids is 1. The van der Waals surface area contributed by atoms with Gasteiger partial charge in [-0.05, 0) is 49.4 Å². The highest BCUT2D eigenvalue weighted by Gasteiger charge is 2.32. The van der Waals surface area contributed by atoms with Gasteiger partial charge in [0.1, 0.15) is 5.75 Å². The Morgan fingerprint density at radius 3 is 2.39 bits per heavy atom. The molecule has 31 heavy (non-hydrogen) atoms. The van der Waals surface area contributed by atoms with Gasteiger partial charge in [0.25, 0.3) is 5.91 Å². The smallest absolute Gasteiger partial charge is 0.254 e. The Hall–Kier alpha value is -2.38. The number of methoxy groups -OCH3 is 1. The second-order valence-electron chi connectivity index (χ2n) is 8.63. The Kier molecular flexibility index (Phi) is 7.06. The van der Waals surface area contributed by atoms with Crippen LogP contribution >= 0.6 is 0 Å². The molecule has 168 valence electrons. The average Bonchev–Trinajstić information content (AvgIpc) is 2.77. The van der Waals surface area contributed by atoms with Gasteiger partial charge in [-0.1, -0.05) is 38.1 Å². The van der Waals surface area contributed by atoms with E-state index in [4.69, 9.17) is 4.74 Å². The van der Waals surface area contributed by atoms with Crippen LogP contribution in [-0.2, 0) is 10.0 Å². The Morgan fingerprint density at radius 1 is 1.10 bits per heavy atom.